The van der Waals surface area contributed by atoms with Gasteiger partial charge in [-0.3, -0.25) is 0 Å². The first-order chi connectivity index (χ1) is 7.05. The summed E-state index contributed by atoms with van der Waals surface area (Å²) in [7, 11) is -3.30. The monoisotopic (exact) mass is 229 g/mol. The van der Waals surface area contributed by atoms with Gasteiger partial charge in [-0.15, -0.1) is 0 Å². The molecule has 0 heterocycles. The van der Waals surface area contributed by atoms with E-state index in [9.17, 15) is 12.8 Å². The molecule has 0 aliphatic heterocycles. The Labute approximate surface area is 88.4 Å². The summed E-state index contributed by atoms with van der Waals surface area (Å²) in [5.74, 6) is -0.560. The maximum atomic E-state index is 12.8. The van der Waals surface area contributed by atoms with Gasteiger partial charge in [-0.2, -0.15) is 0 Å². The van der Waals surface area contributed by atoms with Gasteiger partial charge >= 0.3 is 0 Å². The van der Waals surface area contributed by atoms with Crippen LogP contribution in [0.1, 0.15) is 18.4 Å². The fraction of sp³-hybridized carbons (Fsp3) is 0.400. The van der Waals surface area contributed by atoms with Crippen molar-refractivity contribution in [3.8, 4) is 0 Å². The van der Waals surface area contributed by atoms with Crippen LogP contribution in [0.2, 0.25) is 0 Å². The maximum absolute atomic E-state index is 12.8. The largest absolute Gasteiger partial charge is 0.216 e. The second kappa shape index (κ2) is 3.90. The molecule has 1 aromatic carbocycles. The van der Waals surface area contributed by atoms with Crippen molar-refractivity contribution < 1.29 is 12.8 Å². The molecule has 1 fully saturated rings. The van der Waals surface area contributed by atoms with Crippen LogP contribution in [0, 0.1) is 5.82 Å². The highest BCUT2D eigenvalue weighted by atomic mass is 32.2. The van der Waals surface area contributed by atoms with Gasteiger partial charge in [0.2, 0.25) is 10.0 Å². The molecule has 0 spiro atoms. The average Bonchev–Trinajstić information content (AvgIpc) is 2.86. The van der Waals surface area contributed by atoms with E-state index in [1.165, 1.54) is 18.2 Å². The molecule has 0 saturated heterocycles. The minimum Gasteiger partial charge on any atom is -0.212 e. The van der Waals surface area contributed by atoms with Crippen molar-refractivity contribution >= 4 is 10.0 Å². The van der Waals surface area contributed by atoms with Crippen molar-refractivity contribution in [3.05, 3.63) is 35.6 Å². The van der Waals surface area contributed by atoms with E-state index in [2.05, 4.69) is 4.72 Å². The van der Waals surface area contributed by atoms with Gasteiger partial charge in [0, 0.05) is 6.04 Å². The summed E-state index contributed by atoms with van der Waals surface area (Å²) in [4.78, 5) is 0. The van der Waals surface area contributed by atoms with Gasteiger partial charge in [-0.05, 0) is 30.5 Å². The average molecular weight is 229 g/mol. The molecule has 1 N–H and O–H groups in total. The van der Waals surface area contributed by atoms with Gasteiger partial charge < -0.3 is 0 Å². The van der Waals surface area contributed by atoms with Crippen LogP contribution < -0.4 is 4.72 Å². The predicted octanol–water partition coefficient (Wildman–Crippen LogP) is 1.41. The first kappa shape index (κ1) is 10.6. The van der Waals surface area contributed by atoms with Crippen molar-refractivity contribution in [1.29, 1.82) is 0 Å². The highest BCUT2D eigenvalue weighted by Crippen LogP contribution is 2.20. The quantitative estimate of drug-likeness (QED) is 0.848. The Balaban J connectivity index is 2.06. The van der Waals surface area contributed by atoms with E-state index < -0.39 is 15.8 Å². The van der Waals surface area contributed by atoms with E-state index in [-0.39, 0.29) is 11.8 Å². The van der Waals surface area contributed by atoms with Crippen molar-refractivity contribution in [2.24, 2.45) is 0 Å². The maximum Gasteiger partial charge on any atom is 0.216 e. The Morgan fingerprint density at radius 3 is 2.73 bits per heavy atom. The van der Waals surface area contributed by atoms with Gasteiger partial charge in [-0.1, -0.05) is 12.1 Å². The van der Waals surface area contributed by atoms with Crippen LogP contribution in [0.4, 0.5) is 4.39 Å². The summed E-state index contributed by atoms with van der Waals surface area (Å²) in [5.41, 5.74) is 0.475. The molecule has 1 aliphatic rings. The molecule has 1 aromatic rings. The van der Waals surface area contributed by atoms with Gasteiger partial charge in [-0.25, -0.2) is 17.5 Å². The van der Waals surface area contributed by atoms with Gasteiger partial charge in [0.05, 0.1) is 5.75 Å². The highest BCUT2D eigenvalue weighted by molar-refractivity contribution is 7.88. The molecule has 0 unspecified atom stereocenters. The summed E-state index contributed by atoms with van der Waals surface area (Å²) in [6.07, 6.45) is 1.81. The molecular weight excluding hydrogens is 217 g/mol. The van der Waals surface area contributed by atoms with Crippen molar-refractivity contribution in [3.63, 3.8) is 0 Å². The lowest BCUT2D eigenvalue weighted by molar-refractivity contribution is 0.579. The van der Waals surface area contributed by atoms with E-state index in [0.29, 0.717) is 5.56 Å². The van der Waals surface area contributed by atoms with Crippen LogP contribution >= 0.6 is 0 Å². The summed E-state index contributed by atoms with van der Waals surface area (Å²) in [5, 5.41) is 0. The molecule has 0 radical (unpaired) electrons. The first-order valence-corrected chi connectivity index (χ1v) is 6.45. The number of halogens is 1. The summed E-state index contributed by atoms with van der Waals surface area (Å²) in [6, 6.07) is 5.76. The topological polar surface area (TPSA) is 46.2 Å². The molecule has 0 bridgehead atoms. The molecule has 0 atom stereocenters. The summed E-state index contributed by atoms with van der Waals surface area (Å²) < 4.78 is 38.4. The van der Waals surface area contributed by atoms with Crippen LogP contribution in [0.3, 0.4) is 0 Å². The van der Waals surface area contributed by atoms with E-state index in [1.807, 2.05) is 0 Å². The molecule has 3 nitrogen and oxygen atoms in total. The Morgan fingerprint density at radius 1 is 1.40 bits per heavy atom. The van der Waals surface area contributed by atoms with Crippen LogP contribution in [0.5, 0.6) is 0 Å². The second-order valence-electron chi connectivity index (χ2n) is 3.78. The lowest BCUT2D eigenvalue weighted by atomic mass is 10.2. The number of sulfonamides is 1. The Kier molecular flexibility index (Phi) is 2.75. The van der Waals surface area contributed by atoms with E-state index >= 15 is 0 Å². The smallest absolute Gasteiger partial charge is 0.212 e. The van der Waals surface area contributed by atoms with Crippen LogP contribution in [-0.4, -0.2) is 14.5 Å². The molecule has 2 rings (SSSR count). The molecule has 0 amide bonds. The third kappa shape index (κ3) is 3.28. The lowest BCUT2D eigenvalue weighted by Crippen LogP contribution is -2.27. The third-order valence-electron chi connectivity index (χ3n) is 2.17. The van der Waals surface area contributed by atoms with Crippen molar-refractivity contribution in [2.75, 3.05) is 0 Å². The number of hydrogen-bond acceptors (Lipinski definition) is 2. The highest BCUT2D eigenvalue weighted by Gasteiger charge is 2.26. The lowest BCUT2D eigenvalue weighted by Gasteiger charge is -2.05. The first-order valence-electron chi connectivity index (χ1n) is 4.80. The Bertz CT molecular complexity index is 454. The molecule has 15 heavy (non-hydrogen) atoms. The Morgan fingerprint density at radius 2 is 2.13 bits per heavy atom. The van der Waals surface area contributed by atoms with Crippen LogP contribution in [0.15, 0.2) is 24.3 Å². The molecule has 5 heteroatoms. The minimum atomic E-state index is -3.30. The predicted molar refractivity (Wildman–Crippen MR) is 55.2 cm³/mol. The number of rotatable bonds is 4. The minimum absolute atomic E-state index is 0.101. The molecule has 1 saturated carbocycles. The van der Waals surface area contributed by atoms with E-state index in [0.717, 1.165) is 12.8 Å². The van der Waals surface area contributed by atoms with Crippen molar-refractivity contribution in [2.45, 2.75) is 24.6 Å². The van der Waals surface area contributed by atoms with E-state index in [1.54, 1.807) is 6.07 Å². The van der Waals surface area contributed by atoms with Gasteiger partial charge in [0.25, 0.3) is 0 Å². The number of hydrogen-bond donors (Lipinski definition) is 1. The number of benzene rings is 1. The third-order valence-corrected chi connectivity index (χ3v) is 3.58. The summed E-state index contributed by atoms with van der Waals surface area (Å²) >= 11 is 0. The standard InChI is InChI=1S/C10H12FNO2S/c11-9-3-1-2-8(6-9)7-15(13,14)12-10-4-5-10/h1-3,6,10,12H,4-5,7H2. The second-order valence-corrected chi connectivity index (χ2v) is 5.54. The zero-order valence-electron chi connectivity index (χ0n) is 8.11. The fourth-order valence-electron chi connectivity index (χ4n) is 1.34. The normalized spacial score (nSPS) is 16.6. The van der Waals surface area contributed by atoms with Gasteiger partial charge in [0.1, 0.15) is 5.82 Å². The van der Waals surface area contributed by atoms with Gasteiger partial charge in [0.15, 0.2) is 0 Å². The summed E-state index contributed by atoms with van der Waals surface area (Å²) in [6.45, 7) is 0. The molecule has 82 valence electrons. The fourth-order valence-corrected chi connectivity index (χ4v) is 2.79. The van der Waals surface area contributed by atoms with Crippen LogP contribution in [-0.2, 0) is 15.8 Å². The molecule has 1 aliphatic carbocycles. The molecule has 0 aromatic heterocycles. The van der Waals surface area contributed by atoms with E-state index in [4.69, 9.17) is 0 Å². The molecular formula is C10H12FNO2S. The van der Waals surface area contributed by atoms with Crippen LogP contribution in [0.25, 0.3) is 0 Å². The number of nitrogens with one attached hydrogen (secondary N) is 1. The zero-order chi connectivity index (χ0) is 10.9. The zero-order valence-corrected chi connectivity index (χ0v) is 8.93. The van der Waals surface area contributed by atoms with Crippen molar-refractivity contribution in [1.82, 2.24) is 4.72 Å². The Hall–Kier alpha value is -0.940. The SMILES string of the molecule is O=S(=O)(Cc1cccc(F)c1)NC1CC1.